The number of aromatic nitrogens is 1. The van der Waals surface area contributed by atoms with Crippen molar-refractivity contribution >= 4 is 21.7 Å². The summed E-state index contributed by atoms with van der Waals surface area (Å²) in [5.41, 5.74) is 5.27. The van der Waals surface area contributed by atoms with Crippen molar-refractivity contribution in [3.05, 3.63) is 57.0 Å². The molecule has 1 aromatic carbocycles. The minimum atomic E-state index is -4.10. The molecule has 0 fully saturated rings. The lowest BCUT2D eigenvalue weighted by molar-refractivity contribution is 0.256. The van der Waals surface area contributed by atoms with Gasteiger partial charge in [0.25, 0.3) is 15.6 Å². The largest absolute Gasteiger partial charge is 0.333 e. The fourth-order valence-corrected chi connectivity index (χ4v) is 5.25. The van der Waals surface area contributed by atoms with Crippen LogP contribution in [0.15, 0.2) is 34.1 Å². The Labute approximate surface area is 170 Å². The Hall–Kier alpha value is -2.61. The van der Waals surface area contributed by atoms with Gasteiger partial charge in [0.2, 0.25) is 0 Å². The second-order valence-corrected chi connectivity index (χ2v) is 9.68. The summed E-state index contributed by atoms with van der Waals surface area (Å²) in [7, 11) is -4.10. The predicted octanol–water partition coefficient (Wildman–Crippen LogP) is 2.92. The van der Waals surface area contributed by atoms with Gasteiger partial charge in [-0.15, -0.1) is 0 Å². The number of carbonyl (C=O) groups is 1. The second kappa shape index (κ2) is 7.33. The molecule has 1 heterocycles. The van der Waals surface area contributed by atoms with Crippen LogP contribution in [0, 0.1) is 0 Å². The average molecular weight is 416 g/mol. The van der Waals surface area contributed by atoms with Crippen LogP contribution in [0.25, 0.3) is 0 Å². The highest BCUT2D eigenvalue weighted by atomic mass is 32.2. The molecule has 1 aromatic heterocycles. The van der Waals surface area contributed by atoms with Crippen molar-refractivity contribution in [1.82, 2.24) is 9.29 Å². The van der Waals surface area contributed by atoms with Crippen LogP contribution in [-0.2, 0) is 35.7 Å². The Morgan fingerprint density at radius 2 is 1.66 bits per heavy atom. The minimum Gasteiger partial charge on any atom is -0.312 e. The number of urea groups is 1. The number of rotatable bonds is 4. The molecule has 0 atom stereocenters. The van der Waals surface area contributed by atoms with Crippen LogP contribution in [0.2, 0.25) is 0 Å². The third-order valence-electron chi connectivity index (χ3n) is 5.72. The number of benzene rings is 1. The molecule has 0 saturated carbocycles. The maximum atomic E-state index is 12.7. The highest BCUT2D eigenvalue weighted by Crippen LogP contribution is 2.38. The fraction of sp³-hybridized carbons (Fsp3) is 0.429. The number of amides is 2. The number of nitrogens with one attached hydrogen (secondary N) is 2. The molecule has 0 radical (unpaired) electrons. The van der Waals surface area contributed by atoms with E-state index in [1.165, 1.54) is 34.0 Å². The monoisotopic (exact) mass is 415 g/mol. The normalized spacial score (nSPS) is 15.3. The summed E-state index contributed by atoms with van der Waals surface area (Å²) in [5.74, 6) is 0. The summed E-state index contributed by atoms with van der Waals surface area (Å²) < 4.78 is 28.8. The smallest absolute Gasteiger partial charge is 0.312 e. The van der Waals surface area contributed by atoms with E-state index in [1.807, 2.05) is 0 Å². The van der Waals surface area contributed by atoms with Crippen LogP contribution in [-0.4, -0.2) is 19.0 Å². The Morgan fingerprint density at radius 1 is 1.03 bits per heavy atom. The molecule has 0 saturated heterocycles. The second-order valence-electron chi connectivity index (χ2n) is 8.00. The van der Waals surface area contributed by atoms with E-state index in [0.29, 0.717) is 0 Å². The maximum absolute atomic E-state index is 12.7. The lowest BCUT2D eigenvalue weighted by Gasteiger charge is -2.17. The van der Waals surface area contributed by atoms with Crippen molar-refractivity contribution < 1.29 is 13.2 Å². The molecular formula is C21H25N3O4S. The van der Waals surface area contributed by atoms with Crippen LogP contribution in [0.3, 0.4) is 0 Å². The third kappa shape index (κ3) is 3.69. The number of carbonyl (C=O) groups excluding carboxylic acids is 1. The molecule has 154 valence electrons. The molecule has 2 aliphatic carbocycles. The first-order chi connectivity index (χ1) is 13.8. The summed E-state index contributed by atoms with van der Waals surface area (Å²) in [6.07, 6.45) is 7.13. The maximum Gasteiger partial charge on any atom is 0.333 e. The molecule has 0 spiro atoms. The minimum absolute atomic E-state index is 0.121. The molecule has 8 heteroatoms. The molecule has 4 rings (SSSR count). The van der Waals surface area contributed by atoms with Crippen LogP contribution in [0.4, 0.5) is 10.5 Å². The van der Waals surface area contributed by atoms with Crippen molar-refractivity contribution in [3.63, 3.8) is 0 Å². The number of anilines is 1. The number of hydrogen-bond donors (Lipinski definition) is 2. The third-order valence-corrected chi connectivity index (χ3v) is 7.03. The molecule has 0 unspecified atom stereocenters. The van der Waals surface area contributed by atoms with E-state index in [2.05, 4.69) is 16.1 Å². The zero-order chi connectivity index (χ0) is 20.8. The number of nitrogens with zero attached hydrogens (tertiary/aromatic N) is 1. The lowest BCUT2D eigenvalue weighted by atomic mass is 9.99. The summed E-state index contributed by atoms with van der Waals surface area (Å²) in [5, 5.41) is 2.82. The topological polar surface area (TPSA) is 97.3 Å². The van der Waals surface area contributed by atoms with Gasteiger partial charge in [-0.3, -0.25) is 4.79 Å². The van der Waals surface area contributed by atoms with Crippen LogP contribution in [0.5, 0.6) is 0 Å². The summed E-state index contributed by atoms with van der Waals surface area (Å²) >= 11 is 0. The zero-order valence-electron chi connectivity index (χ0n) is 16.6. The Bertz CT molecular complexity index is 1120. The molecule has 2 N–H and O–H groups in total. The van der Waals surface area contributed by atoms with E-state index in [-0.39, 0.29) is 16.5 Å². The van der Waals surface area contributed by atoms with Gasteiger partial charge in [-0.2, -0.15) is 0 Å². The van der Waals surface area contributed by atoms with Gasteiger partial charge in [-0.1, -0.05) is 6.07 Å². The van der Waals surface area contributed by atoms with E-state index >= 15 is 0 Å². The van der Waals surface area contributed by atoms with E-state index in [0.717, 1.165) is 55.3 Å². The predicted molar refractivity (Wildman–Crippen MR) is 111 cm³/mol. The van der Waals surface area contributed by atoms with Crippen molar-refractivity contribution in [2.24, 2.45) is 0 Å². The average Bonchev–Trinajstić information content (AvgIpc) is 3.30. The van der Waals surface area contributed by atoms with Gasteiger partial charge in [0.15, 0.2) is 0 Å². The number of fused-ring (bicyclic) bond motifs is 2. The van der Waals surface area contributed by atoms with Gasteiger partial charge in [0, 0.05) is 24.0 Å². The SMILES string of the molecule is CC(C)n1cc(S(=O)(=O)NC(=O)Nc2c3c(cc4c2CCC4)CCC3)ccc1=O. The van der Waals surface area contributed by atoms with Crippen molar-refractivity contribution in [2.75, 3.05) is 5.32 Å². The van der Waals surface area contributed by atoms with Crippen molar-refractivity contribution in [3.8, 4) is 0 Å². The fourth-order valence-electron chi connectivity index (χ4n) is 4.33. The van der Waals surface area contributed by atoms with Gasteiger partial charge in [0.1, 0.15) is 4.90 Å². The molecule has 0 aliphatic heterocycles. The Morgan fingerprint density at radius 3 is 2.24 bits per heavy atom. The van der Waals surface area contributed by atoms with E-state index < -0.39 is 16.1 Å². The molecule has 2 aromatic rings. The summed E-state index contributed by atoms with van der Waals surface area (Å²) in [4.78, 5) is 24.4. The van der Waals surface area contributed by atoms with Crippen molar-refractivity contribution in [2.45, 2.75) is 63.3 Å². The number of pyridine rings is 1. The first-order valence-electron chi connectivity index (χ1n) is 9.99. The summed E-state index contributed by atoms with van der Waals surface area (Å²) in [6, 6.07) is 3.69. The van der Waals surface area contributed by atoms with Crippen LogP contribution >= 0.6 is 0 Å². The lowest BCUT2D eigenvalue weighted by Crippen LogP contribution is -2.35. The molecule has 7 nitrogen and oxygen atoms in total. The highest BCUT2D eigenvalue weighted by Gasteiger charge is 2.26. The zero-order valence-corrected chi connectivity index (χ0v) is 17.4. The van der Waals surface area contributed by atoms with Crippen LogP contribution in [0.1, 0.15) is 55.0 Å². The van der Waals surface area contributed by atoms with E-state index in [4.69, 9.17) is 0 Å². The number of hydrogen-bond acceptors (Lipinski definition) is 4. The standard InChI is InChI=1S/C21H25N3O4S/c1-13(2)24-12-16(9-10-19(24)25)29(27,28)23-21(26)22-20-17-7-3-5-14(17)11-15-6-4-8-18(15)20/h9-13H,3-8H2,1-2H3,(H2,22,23,26). The van der Waals surface area contributed by atoms with E-state index in [1.54, 1.807) is 13.8 Å². The molecule has 29 heavy (non-hydrogen) atoms. The number of aryl methyl sites for hydroxylation is 2. The Kier molecular flexibility index (Phi) is 4.98. The molecular weight excluding hydrogens is 390 g/mol. The summed E-state index contributed by atoms with van der Waals surface area (Å²) in [6.45, 7) is 3.57. The van der Waals surface area contributed by atoms with Crippen LogP contribution < -0.4 is 15.6 Å². The Balaban J connectivity index is 1.60. The first-order valence-corrected chi connectivity index (χ1v) is 11.5. The van der Waals surface area contributed by atoms with Gasteiger partial charge in [-0.05, 0) is 80.7 Å². The molecule has 2 aliphatic rings. The quantitative estimate of drug-likeness (QED) is 0.802. The van der Waals surface area contributed by atoms with Crippen molar-refractivity contribution in [1.29, 1.82) is 0 Å². The van der Waals surface area contributed by atoms with E-state index in [9.17, 15) is 18.0 Å². The van der Waals surface area contributed by atoms with Gasteiger partial charge >= 0.3 is 6.03 Å². The van der Waals surface area contributed by atoms with Gasteiger partial charge in [-0.25, -0.2) is 17.9 Å². The number of sulfonamides is 1. The highest BCUT2D eigenvalue weighted by molar-refractivity contribution is 7.90. The molecule has 0 bridgehead atoms. The molecule has 2 amide bonds. The first kappa shape index (κ1) is 19.7. The van der Waals surface area contributed by atoms with Gasteiger partial charge < -0.3 is 9.88 Å². The van der Waals surface area contributed by atoms with Gasteiger partial charge in [0.05, 0.1) is 0 Å².